The van der Waals surface area contributed by atoms with Crippen LogP contribution in [0.5, 0.6) is 0 Å². The number of nitriles is 1. The molecule has 0 aromatic rings. The molecular weight excluding hydrogens is 347 g/mol. The summed E-state index contributed by atoms with van der Waals surface area (Å²) < 4.78 is 13.6. The third-order valence-corrected chi connectivity index (χ3v) is 7.43. The summed E-state index contributed by atoms with van der Waals surface area (Å²) in [5, 5.41) is 12.6. The molecule has 27 heavy (non-hydrogen) atoms. The Kier molecular flexibility index (Phi) is 4.87. The van der Waals surface area contributed by atoms with E-state index in [-0.39, 0.29) is 36.4 Å². The van der Waals surface area contributed by atoms with E-state index in [0.717, 1.165) is 64.5 Å². The lowest BCUT2D eigenvalue weighted by Crippen LogP contribution is -2.60. The third kappa shape index (κ3) is 3.33. The van der Waals surface area contributed by atoms with E-state index < -0.39 is 12.2 Å². The first-order chi connectivity index (χ1) is 13.0. The molecule has 2 bridgehead atoms. The van der Waals surface area contributed by atoms with Crippen LogP contribution in [0.3, 0.4) is 0 Å². The second kappa shape index (κ2) is 7.05. The zero-order valence-electron chi connectivity index (χ0n) is 15.9. The molecule has 2 heterocycles. The molecule has 2 unspecified atom stereocenters. The number of carbonyl (C=O) groups excluding carboxylic acids is 2. The summed E-state index contributed by atoms with van der Waals surface area (Å²) in [4.78, 5) is 28.9. The minimum Gasteiger partial charge on any atom is -0.342 e. The molecule has 5 rings (SSSR count). The Balaban J connectivity index is 1.33. The molecule has 0 aromatic carbocycles. The highest BCUT2D eigenvalue weighted by molar-refractivity contribution is 5.83. The summed E-state index contributed by atoms with van der Waals surface area (Å²) >= 11 is 0. The molecule has 2 saturated heterocycles. The number of hydrogen-bond donors (Lipinski definition) is 1. The first-order valence-corrected chi connectivity index (χ1v) is 10.3. The van der Waals surface area contributed by atoms with E-state index in [9.17, 15) is 14.0 Å². The van der Waals surface area contributed by atoms with Crippen molar-refractivity contribution in [1.82, 2.24) is 15.1 Å². The molecule has 1 N–H and O–H groups in total. The molecule has 2 amide bonds. The van der Waals surface area contributed by atoms with Crippen LogP contribution in [0, 0.1) is 16.7 Å². The van der Waals surface area contributed by atoms with Crippen molar-refractivity contribution in [3.05, 3.63) is 0 Å². The standard InChI is InChI=1S/C20H29FN4O2/c21-15-11-16(12-22)25(14-15)17(26)13-23-20-6-3-19(4-7-20,5-8-20)18(27)24-9-1-2-10-24/h15-16,23H,1-11,13-14H2. The Morgan fingerprint density at radius 1 is 1.11 bits per heavy atom. The molecule has 2 atom stereocenters. The van der Waals surface area contributed by atoms with E-state index >= 15 is 0 Å². The minimum absolute atomic E-state index is 0.0270. The van der Waals surface area contributed by atoms with Crippen LogP contribution in [0.15, 0.2) is 0 Å². The molecule has 7 heteroatoms. The zero-order valence-corrected chi connectivity index (χ0v) is 15.9. The van der Waals surface area contributed by atoms with Crippen molar-refractivity contribution >= 4 is 11.8 Å². The largest absolute Gasteiger partial charge is 0.342 e. The van der Waals surface area contributed by atoms with E-state index in [2.05, 4.69) is 10.2 Å². The van der Waals surface area contributed by atoms with E-state index in [4.69, 9.17) is 5.26 Å². The average Bonchev–Trinajstić information content (AvgIpc) is 3.36. The van der Waals surface area contributed by atoms with Crippen LogP contribution in [0.25, 0.3) is 0 Å². The Labute approximate surface area is 160 Å². The van der Waals surface area contributed by atoms with Gasteiger partial charge < -0.3 is 15.1 Å². The fraction of sp³-hybridized carbons (Fsp3) is 0.850. The minimum atomic E-state index is -1.10. The van der Waals surface area contributed by atoms with Crippen molar-refractivity contribution in [3.8, 4) is 6.07 Å². The van der Waals surface area contributed by atoms with Crippen LogP contribution in [0.2, 0.25) is 0 Å². The highest BCUT2D eigenvalue weighted by Gasteiger charge is 2.53. The van der Waals surface area contributed by atoms with Crippen molar-refractivity contribution in [2.24, 2.45) is 5.41 Å². The first kappa shape index (κ1) is 18.7. The monoisotopic (exact) mass is 376 g/mol. The number of hydrogen-bond acceptors (Lipinski definition) is 4. The Hall–Kier alpha value is -1.68. The Morgan fingerprint density at radius 2 is 1.74 bits per heavy atom. The van der Waals surface area contributed by atoms with E-state index in [1.165, 1.54) is 4.90 Å². The van der Waals surface area contributed by atoms with Crippen LogP contribution in [-0.2, 0) is 9.59 Å². The van der Waals surface area contributed by atoms with Crippen molar-refractivity contribution in [2.45, 2.75) is 75.5 Å². The van der Waals surface area contributed by atoms with Gasteiger partial charge in [-0.05, 0) is 51.4 Å². The van der Waals surface area contributed by atoms with Gasteiger partial charge in [0, 0.05) is 30.5 Å². The lowest BCUT2D eigenvalue weighted by molar-refractivity contribution is -0.149. The normalized spacial score (nSPS) is 38.2. The van der Waals surface area contributed by atoms with Crippen molar-refractivity contribution in [3.63, 3.8) is 0 Å². The van der Waals surface area contributed by atoms with E-state index in [1.54, 1.807) is 0 Å². The first-order valence-electron chi connectivity index (χ1n) is 10.3. The second-order valence-corrected chi connectivity index (χ2v) is 8.94. The van der Waals surface area contributed by atoms with Gasteiger partial charge >= 0.3 is 0 Å². The molecule has 148 valence electrons. The summed E-state index contributed by atoms with van der Waals surface area (Å²) in [5.41, 5.74) is -0.264. The molecule has 0 spiro atoms. The maximum absolute atomic E-state index is 13.6. The maximum Gasteiger partial charge on any atom is 0.237 e. The van der Waals surface area contributed by atoms with Gasteiger partial charge in [0.2, 0.25) is 11.8 Å². The molecule has 6 nitrogen and oxygen atoms in total. The number of amides is 2. The van der Waals surface area contributed by atoms with Gasteiger partial charge in [-0.2, -0.15) is 5.26 Å². The van der Waals surface area contributed by atoms with Gasteiger partial charge in [0.1, 0.15) is 12.2 Å². The Bertz CT molecular complexity index is 630. The zero-order chi connectivity index (χ0) is 19.1. The SMILES string of the molecule is N#CC1CC(F)CN1C(=O)CNC12CCC(C(=O)N3CCCC3)(CC1)CC2. The molecular formula is C20H29FN4O2. The van der Waals surface area contributed by atoms with Crippen LogP contribution >= 0.6 is 0 Å². The Morgan fingerprint density at radius 3 is 2.33 bits per heavy atom. The van der Waals surface area contributed by atoms with Crippen LogP contribution in [-0.4, -0.2) is 65.5 Å². The average molecular weight is 376 g/mol. The van der Waals surface area contributed by atoms with Gasteiger partial charge in [-0.15, -0.1) is 0 Å². The van der Waals surface area contributed by atoms with Crippen LogP contribution in [0.1, 0.15) is 57.8 Å². The van der Waals surface area contributed by atoms with Gasteiger partial charge in [-0.1, -0.05) is 0 Å². The summed E-state index contributed by atoms with van der Waals surface area (Å²) in [6.45, 7) is 1.99. The van der Waals surface area contributed by atoms with Crippen molar-refractivity contribution < 1.29 is 14.0 Å². The van der Waals surface area contributed by atoms with Gasteiger partial charge in [-0.3, -0.25) is 9.59 Å². The quantitative estimate of drug-likeness (QED) is 0.811. The smallest absolute Gasteiger partial charge is 0.237 e. The van der Waals surface area contributed by atoms with E-state index in [1.807, 2.05) is 6.07 Å². The summed E-state index contributed by atoms with van der Waals surface area (Å²) in [6, 6.07) is 1.39. The van der Waals surface area contributed by atoms with Crippen molar-refractivity contribution in [2.75, 3.05) is 26.2 Å². The second-order valence-electron chi connectivity index (χ2n) is 8.94. The summed E-state index contributed by atoms with van der Waals surface area (Å²) in [5.74, 6) is 0.166. The highest BCUT2D eigenvalue weighted by Crippen LogP contribution is 2.53. The number of likely N-dealkylation sites (tertiary alicyclic amines) is 2. The number of nitrogens with zero attached hydrogens (tertiary/aromatic N) is 3. The fourth-order valence-corrected chi connectivity index (χ4v) is 5.57. The lowest BCUT2D eigenvalue weighted by atomic mass is 9.56. The van der Waals surface area contributed by atoms with Gasteiger partial charge in [0.15, 0.2) is 0 Å². The van der Waals surface area contributed by atoms with Gasteiger partial charge in [0.05, 0.1) is 19.2 Å². The van der Waals surface area contributed by atoms with Gasteiger partial charge in [-0.25, -0.2) is 4.39 Å². The number of carbonyl (C=O) groups is 2. The number of fused-ring (bicyclic) bond motifs is 3. The molecule has 0 radical (unpaired) electrons. The van der Waals surface area contributed by atoms with Crippen LogP contribution in [0.4, 0.5) is 4.39 Å². The predicted molar refractivity (Wildman–Crippen MR) is 97.3 cm³/mol. The van der Waals surface area contributed by atoms with Gasteiger partial charge in [0.25, 0.3) is 0 Å². The molecule has 0 aromatic heterocycles. The maximum atomic E-state index is 13.6. The molecule has 5 aliphatic rings. The molecule has 5 fully saturated rings. The number of nitrogens with one attached hydrogen (secondary N) is 1. The lowest BCUT2D eigenvalue weighted by Gasteiger charge is -2.53. The molecule has 3 saturated carbocycles. The third-order valence-electron chi connectivity index (χ3n) is 7.43. The number of rotatable bonds is 4. The molecule has 2 aliphatic heterocycles. The molecule has 3 aliphatic carbocycles. The van der Waals surface area contributed by atoms with Crippen LogP contribution < -0.4 is 5.32 Å². The predicted octanol–water partition coefficient (Wildman–Crippen LogP) is 1.75. The van der Waals surface area contributed by atoms with E-state index in [0.29, 0.717) is 5.91 Å². The fourth-order valence-electron chi connectivity index (χ4n) is 5.57. The summed E-state index contributed by atoms with van der Waals surface area (Å²) in [6.07, 6.45) is 6.66. The topological polar surface area (TPSA) is 76.4 Å². The summed E-state index contributed by atoms with van der Waals surface area (Å²) in [7, 11) is 0. The number of halogens is 1. The number of alkyl halides is 1. The highest BCUT2D eigenvalue weighted by atomic mass is 19.1. The van der Waals surface area contributed by atoms with Crippen molar-refractivity contribution in [1.29, 1.82) is 5.26 Å².